The van der Waals surface area contributed by atoms with Gasteiger partial charge in [-0.25, -0.2) is 4.39 Å². The zero-order chi connectivity index (χ0) is 12.3. The maximum absolute atomic E-state index is 14.0. The van der Waals surface area contributed by atoms with Crippen LogP contribution in [-0.2, 0) is 11.3 Å². The predicted molar refractivity (Wildman–Crippen MR) is 71.7 cm³/mol. The largest absolute Gasteiger partial charge is 0.377 e. The Hall–Kier alpha value is -0.100. The molecule has 2 rings (SSSR count). The number of nitrogens with two attached hydrogens (primary N) is 1. The van der Waals surface area contributed by atoms with Crippen molar-refractivity contribution in [2.45, 2.75) is 30.4 Å². The van der Waals surface area contributed by atoms with Crippen molar-refractivity contribution < 1.29 is 9.13 Å². The van der Waals surface area contributed by atoms with Crippen LogP contribution in [0.15, 0.2) is 21.5 Å². The molecule has 0 aliphatic carbocycles. The molecular formula is C12H15BrFNOS. The van der Waals surface area contributed by atoms with Crippen molar-refractivity contribution in [3.8, 4) is 0 Å². The summed E-state index contributed by atoms with van der Waals surface area (Å²) >= 11 is 4.75. The molecule has 2 nitrogen and oxygen atoms in total. The summed E-state index contributed by atoms with van der Waals surface area (Å²) in [6, 6.07) is 3.66. The van der Waals surface area contributed by atoms with E-state index < -0.39 is 0 Å². The number of ether oxygens (including phenoxy) is 1. The Balaban J connectivity index is 2.03. The first kappa shape index (κ1) is 13.3. The molecule has 1 unspecified atom stereocenters. The highest BCUT2D eigenvalue weighted by atomic mass is 79.9. The van der Waals surface area contributed by atoms with E-state index in [0.717, 1.165) is 30.8 Å². The zero-order valence-corrected chi connectivity index (χ0v) is 11.8. The topological polar surface area (TPSA) is 35.2 Å². The van der Waals surface area contributed by atoms with Crippen molar-refractivity contribution >= 4 is 27.7 Å². The van der Waals surface area contributed by atoms with E-state index in [-0.39, 0.29) is 11.9 Å². The molecule has 5 heteroatoms. The second kappa shape index (κ2) is 6.18. The SMILES string of the molecule is NCc1ccc(SCC2CCCO2)c(F)c1Br. The monoisotopic (exact) mass is 319 g/mol. The molecule has 0 amide bonds. The minimum absolute atomic E-state index is 0.212. The molecule has 1 saturated heterocycles. The van der Waals surface area contributed by atoms with Crippen LogP contribution >= 0.6 is 27.7 Å². The van der Waals surface area contributed by atoms with Crippen LogP contribution in [0.5, 0.6) is 0 Å². The van der Waals surface area contributed by atoms with E-state index in [0.29, 0.717) is 15.9 Å². The number of hydrogen-bond donors (Lipinski definition) is 1. The molecule has 0 bridgehead atoms. The molecule has 1 aromatic carbocycles. The fourth-order valence-corrected chi connectivity index (χ4v) is 3.46. The molecule has 2 N–H and O–H groups in total. The average Bonchev–Trinajstić information content (AvgIpc) is 2.84. The van der Waals surface area contributed by atoms with Gasteiger partial charge in [0.1, 0.15) is 0 Å². The van der Waals surface area contributed by atoms with E-state index in [1.165, 1.54) is 11.8 Å². The summed E-state index contributed by atoms with van der Waals surface area (Å²) in [7, 11) is 0. The lowest BCUT2D eigenvalue weighted by molar-refractivity contribution is 0.129. The van der Waals surface area contributed by atoms with E-state index >= 15 is 0 Å². The second-order valence-corrected chi connectivity index (χ2v) is 5.86. The highest BCUT2D eigenvalue weighted by Crippen LogP contribution is 2.31. The average molecular weight is 320 g/mol. The van der Waals surface area contributed by atoms with Gasteiger partial charge in [-0.15, -0.1) is 11.8 Å². The van der Waals surface area contributed by atoms with Gasteiger partial charge in [0.15, 0.2) is 5.82 Å². The predicted octanol–water partition coefficient (Wildman–Crippen LogP) is 3.32. The fraction of sp³-hybridized carbons (Fsp3) is 0.500. The molecule has 94 valence electrons. The van der Waals surface area contributed by atoms with Crippen LogP contribution in [0.4, 0.5) is 4.39 Å². The van der Waals surface area contributed by atoms with Crippen LogP contribution < -0.4 is 5.73 Å². The summed E-state index contributed by atoms with van der Waals surface area (Å²) in [5.74, 6) is 0.599. The Morgan fingerprint density at radius 2 is 2.35 bits per heavy atom. The molecular weight excluding hydrogens is 305 g/mol. The lowest BCUT2D eigenvalue weighted by Crippen LogP contribution is -2.08. The standard InChI is InChI=1S/C12H15BrFNOS/c13-11-8(6-15)3-4-10(12(11)14)17-7-9-2-1-5-16-9/h3-4,9H,1-2,5-7,15H2. The molecule has 17 heavy (non-hydrogen) atoms. The van der Waals surface area contributed by atoms with Crippen molar-refractivity contribution in [2.75, 3.05) is 12.4 Å². The summed E-state index contributed by atoms with van der Waals surface area (Å²) in [4.78, 5) is 0.657. The van der Waals surface area contributed by atoms with Crippen molar-refractivity contribution in [1.82, 2.24) is 0 Å². The van der Waals surface area contributed by atoms with E-state index in [9.17, 15) is 4.39 Å². The van der Waals surface area contributed by atoms with Crippen LogP contribution in [0.2, 0.25) is 0 Å². The van der Waals surface area contributed by atoms with E-state index in [4.69, 9.17) is 10.5 Å². The molecule has 0 aromatic heterocycles. The summed E-state index contributed by atoms with van der Waals surface area (Å²) < 4.78 is 20.0. The quantitative estimate of drug-likeness (QED) is 0.865. The van der Waals surface area contributed by atoms with Crippen LogP contribution in [0.1, 0.15) is 18.4 Å². The number of halogens is 2. The normalized spacial score (nSPS) is 19.8. The molecule has 1 heterocycles. The molecule has 0 radical (unpaired) electrons. The maximum Gasteiger partial charge on any atom is 0.151 e. The van der Waals surface area contributed by atoms with Gasteiger partial charge >= 0.3 is 0 Å². The molecule has 1 aliphatic rings. The van der Waals surface area contributed by atoms with E-state index in [2.05, 4.69) is 15.9 Å². The smallest absolute Gasteiger partial charge is 0.151 e. The Kier molecular flexibility index (Phi) is 4.85. The van der Waals surface area contributed by atoms with Crippen LogP contribution in [0.3, 0.4) is 0 Å². The number of hydrogen-bond acceptors (Lipinski definition) is 3. The fourth-order valence-electron chi connectivity index (χ4n) is 1.80. The number of thioether (sulfide) groups is 1. The third-order valence-corrected chi connectivity index (χ3v) is 4.82. The lowest BCUT2D eigenvalue weighted by Gasteiger charge is -2.11. The van der Waals surface area contributed by atoms with Gasteiger partial charge < -0.3 is 10.5 Å². The second-order valence-electron chi connectivity index (χ2n) is 4.00. The third-order valence-electron chi connectivity index (χ3n) is 2.80. The highest BCUT2D eigenvalue weighted by molar-refractivity contribution is 9.10. The van der Waals surface area contributed by atoms with Crippen molar-refractivity contribution in [1.29, 1.82) is 0 Å². The van der Waals surface area contributed by atoms with Gasteiger partial charge in [0.2, 0.25) is 0 Å². The van der Waals surface area contributed by atoms with Gasteiger partial charge in [-0.1, -0.05) is 6.07 Å². The van der Waals surface area contributed by atoms with Crippen molar-refractivity contribution in [2.24, 2.45) is 5.73 Å². The molecule has 0 saturated carbocycles. The molecule has 1 atom stereocenters. The van der Waals surface area contributed by atoms with Gasteiger partial charge in [-0.05, 0) is 40.4 Å². The number of benzene rings is 1. The van der Waals surface area contributed by atoms with E-state index in [1.54, 1.807) is 6.07 Å². The molecule has 1 aliphatic heterocycles. The Morgan fingerprint density at radius 3 is 3.00 bits per heavy atom. The van der Waals surface area contributed by atoms with Crippen molar-refractivity contribution in [3.05, 3.63) is 28.0 Å². The summed E-state index contributed by atoms with van der Waals surface area (Å²) in [5.41, 5.74) is 6.31. The van der Waals surface area contributed by atoms with Gasteiger partial charge in [0.05, 0.1) is 10.6 Å². The number of rotatable bonds is 4. The van der Waals surface area contributed by atoms with Crippen LogP contribution in [-0.4, -0.2) is 18.5 Å². The molecule has 1 aromatic rings. The van der Waals surface area contributed by atoms with Gasteiger partial charge in [-0.3, -0.25) is 0 Å². The first-order valence-electron chi connectivity index (χ1n) is 5.63. The highest BCUT2D eigenvalue weighted by Gasteiger charge is 2.17. The van der Waals surface area contributed by atoms with Gasteiger partial charge in [0.25, 0.3) is 0 Å². The van der Waals surface area contributed by atoms with Crippen LogP contribution in [0.25, 0.3) is 0 Å². The van der Waals surface area contributed by atoms with Gasteiger partial charge in [0, 0.05) is 23.8 Å². The molecule has 0 spiro atoms. The van der Waals surface area contributed by atoms with Crippen molar-refractivity contribution in [3.63, 3.8) is 0 Å². The zero-order valence-electron chi connectivity index (χ0n) is 9.42. The van der Waals surface area contributed by atoms with Gasteiger partial charge in [-0.2, -0.15) is 0 Å². The minimum atomic E-state index is -0.212. The summed E-state index contributed by atoms with van der Waals surface area (Å²) in [5, 5.41) is 0. The third kappa shape index (κ3) is 3.22. The maximum atomic E-state index is 14.0. The minimum Gasteiger partial charge on any atom is -0.377 e. The Morgan fingerprint density at radius 1 is 1.53 bits per heavy atom. The van der Waals surface area contributed by atoms with Crippen LogP contribution in [0, 0.1) is 5.82 Å². The molecule has 1 fully saturated rings. The summed E-state index contributed by atoms with van der Waals surface area (Å²) in [6.45, 7) is 1.18. The first-order valence-corrected chi connectivity index (χ1v) is 7.41. The Bertz CT molecular complexity index is 396. The lowest BCUT2D eigenvalue weighted by atomic mass is 10.2. The summed E-state index contributed by atoms with van der Waals surface area (Å²) in [6.07, 6.45) is 2.47. The Labute approximate surface area is 113 Å². The first-order chi connectivity index (χ1) is 8.22. The van der Waals surface area contributed by atoms with E-state index in [1.807, 2.05) is 6.07 Å².